The lowest BCUT2D eigenvalue weighted by Gasteiger charge is -2.11. The van der Waals surface area contributed by atoms with Gasteiger partial charge in [-0.15, -0.1) is 11.3 Å². The zero-order valence-corrected chi connectivity index (χ0v) is 13.0. The standard InChI is InChI=1S/C13H21N5OS/c1-14-13-16-11(10-4-9-20-12(10)17-13)15-5-7-19-8-6-18(2)3/h4,9H,5-8H2,1-3H3,(H2,14,15,16,17). The van der Waals surface area contributed by atoms with Gasteiger partial charge in [0.1, 0.15) is 10.6 Å². The van der Waals surface area contributed by atoms with Gasteiger partial charge in [0.05, 0.1) is 18.6 Å². The number of fused-ring (bicyclic) bond motifs is 1. The summed E-state index contributed by atoms with van der Waals surface area (Å²) >= 11 is 1.61. The summed E-state index contributed by atoms with van der Waals surface area (Å²) in [4.78, 5) is 11.9. The SMILES string of the molecule is CNc1nc(NCCOCCN(C)C)c2ccsc2n1. The van der Waals surface area contributed by atoms with Gasteiger partial charge in [0.25, 0.3) is 0 Å². The molecule has 0 aliphatic rings. The Bertz CT molecular complexity index is 543. The smallest absolute Gasteiger partial charge is 0.225 e. The van der Waals surface area contributed by atoms with Crippen LogP contribution in [0.3, 0.4) is 0 Å². The van der Waals surface area contributed by atoms with Crippen LogP contribution in [0.1, 0.15) is 0 Å². The van der Waals surface area contributed by atoms with Crippen LogP contribution in [-0.4, -0.2) is 62.3 Å². The van der Waals surface area contributed by atoms with Gasteiger partial charge in [0, 0.05) is 20.1 Å². The number of likely N-dealkylation sites (N-methyl/N-ethyl adjacent to an activating group) is 1. The third kappa shape index (κ3) is 4.03. The van der Waals surface area contributed by atoms with E-state index in [9.17, 15) is 0 Å². The van der Waals surface area contributed by atoms with E-state index in [0.717, 1.165) is 35.7 Å². The maximum atomic E-state index is 5.56. The first-order valence-corrected chi connectivity index (χ1v) is 7.48. The minimum Gasteiger partial charge on any atom is -0.378 e. The van der Waals surface area contributed by atoms with Crippen molar-refractivity contribution < 1.29 is 4.74 Å². The number of hydrogen-bond acceptors (Lipinski definition) is 7. The molecular weight excluding hydrogens is 274 g/mol. The quantitative estimate of drug-likeness (QED) is 0.723. The van der Waals surface area contributed by atoms with Crippen molar-refractivity contribution in [2.45, 2.75) is 0 Å². The lowest BCUT2D eigenvalue weighted by Crippen LogP contribution is -2.20. The average Bonchev–Trinajstić information content (AvgIpc) is 2.90. The van der Waals surface area contributed by atoms with E-state index in [1.54, 1.807) is 11.3 Å². The molecule has 0 bridgehead atoms. The van der Waals surface area contributed by atoms with Crippen LogP contribution in [0.15, 0.2) is 11.4 Å². The molecule has 6 nitrogen and oxygen atoms in total. The van der Waals surface area contributed by atoms with E-state index in [4.69, 9.17) is 4.74 Å². The zero-order chi connectivity index (χ0) is 14.4. The molecule has 0 radical (unpaired) electrons. The zero-order valence-electron chi connectivity index (χ0n) is 12.1. The first kappa shape index (κ1) is 15.0. The molecule has 7 heteroatoms. The topological polar surface area (TPSA) is 62.3 Å². The first-order chi connectivity index (χ1) is 9.70. The third-order valence-electron chi connectivity index (χ3n) is 2.77. The van der Waals surface area contributed by atoms with Crippen LogP contribution in [0.4, 0.5) is 11.8 Å². The summed E-state index contributed by atoms with van der Waals surface area (Å²) in [5.41, 5.74) is 0. The van der Waals surface area contributed by atoms with E-state index < -0.39 is 0 Å². The van der Waals surface area contributed by atoms with Crippen molar-refractivity contribution in [1.29, 1.82) is 0 Å². The van der Waals surface area contributed by atoms with Crippen molar-refractivity contribution in [2.75, 3.05) is 58.1 Å². The number of thiophene rings is 1. The van der Waals surface area contributed by atoms with Crippen LogP contribution in [0.25, 0.3) is 10.2 Å². The maximum absolute atomic E-state index is 5.56. The second-order valence-corrected chi connectivity index (χ2v) is 5.52. The summed E-state index contributed by atoms with van der Waals surface area (Å²) in [5.74, 6) is 1.49. The van der Waals surface area contributed by atoms with E-state index in [-0.39, 0.29) is 0 Å². The second-order valence-electron chi connectivity index (χ2n) is 4.63. The highest BCUT2D eigenvalue weighted by Crippen LogP contribution is 2.26. The average molecular weight is 295 g/mol. The molecule has 0 unspecified atom stereocenters. The van der Waals surface area contributed by atoms with E-state index in [1.807, 2.05) is 32.6 Å². The van der Waals surface area contributed by atoms with Crippen molar-refractivity contribution >= 4 is 33.3 Å². The van der Waals surface area contributed by atoms with Crippen LogP contribution in [0.2, 0.25) is 0 Å². The highest BCUT2D eigenvalue weighted by molar-refractivity contribution is 7.16. The Morgan fingerprint density at radius 1 is 1.30 bits per heavy atom. The van der Waals surface area contributed by atoms with Gasteiger partial charge < -0.3 is 20.3 Å². The predicted molar refractivity (Wildman–Crippen MR) is 84.8 cm³/mol. The molecule has 0 amide bonds. The van der Waals surface area contributed by atoms with Crippen LogP contribution >= 0.6 is 11.3 Å². The number of hydrogen-bond donors (Lipinski definition) is 2. The van der Waals surface area contributed by atoms with Gasteiger partial charge in [0.15, 0.2) is 0 Å². The summed E-state index contributed by atoms with van der Waals surface area (Å²) in [7, 11) is 5.90. The molecule has 2 aromatic heterocycles. The van der Waals surface area contributed by atoms with Gasteiger partial charge >= 0.3 is 0 Å². The van der Waals surface area contributed by atoms with Crippen LogP contribution in [-0.2, 0) is 4.74 Å². The lowest BCUT2D eigenvalue weighted by molar-refractivity contribution is 0.126. The number of nitrogens with zero attached hydrogens (tertiary/aromatic N) is 3. The van der Waals surface area contributed by atoms with Crippen LogP contribution < -0.4 is 10.6 Å². The molecule has 110 valence electrons. The Morgan fingerprint density at radius 3 is 2.90 bits per heavy atom. The summed E-state index contributed by atoms with van der Waals surface area (Å²) in [6, 6.07) is 2.04. The van der Waals surface area contributed by atoms with Gasteiger partial charge in [0.2, 0.25) is 5.95 Å². The van der Waals surface area contributed by atoms with Crippen molar-refractivity contribution in [1.82, 2.24) is 14.9 Å². The van der Waals surface area contributed by atoms with Gasteiger partial charge in [-0.3, -0.25) is 0 Å². The number of aromatic nitrogens is 2. The highest BCUT2D eigenvalue weighted by atomic mass is 32.1. The van der Waals surface area contributed by atoms with Crippen LogP contribution in [0, 0.1) is 0 Å². The molecular formula is C13H21N5OS. The Balaban J connectivity index is 1.87. The molecule has 20 heavy (non-hydrogen) atoms. The molecule has 2 aromatic rings. The fourth-order valence-corrected chi connectivity index (χ4v) is 2.46. The Morgan fingerprint density at radius 2 is 2.15 bits per heavy atom. The fourth-order valence-electron chi connectivity index (χ4n) is 1.69. The largest absolute Gasteiger partial charge is 0.378 e. The van der Waals surface area contributed by atoms with E-state index in [1.165, 1.54) is 0 Å². The molecule has 0 aromatic carbocycles. The van der Waals surface area contributed by atoms with Crippen molar-refractivity contribution in [3.8, 4) is 0 Å². The number of anilines is 2. The second kappa shape index (κ2) is 7.37. The molecule has 0 saturated carbocycles. The normalized spacial score (nSPS) is 11.2. The molecule has 2 rings (SSSR count). The maximum Gasteiger partial charge on any atom is 0.225 e. The molecule has 0 saturated heterocycles. The molecule has 2 heterocycles. The van der Waals surface area contributed by atoms with Gasteiger partial charge in [-0.25, -0.2) is 4.98 Å². The third-order valence-corrected chi connectivity index (χ3v) is 3.58. The first-order valence-electron chi connectivity index (χ1n) is 6.60. The molecule has 0 spiro atoms. The predicted octanol–water partition coefficient (Wildman–Crippen LogP) is 1.72. The van der Waals surface area contributed by atoms with Crippen LogP contribution in [0.5, 0.6) is 0 Å². The van der Waals surface area contributed by atoms with Gasteiger partial charge in [-0.1, -0.05) is 0 Å². The molecule has 2 N–H and O–H groups in total. The van der Waals surface area contributed by atoms with Crippen molar-refractivity contribution in [2.24, 2.45) is 0 Å². The molecule has 0 fully saturated rings. The number of nitrogens with one attached hydrogen (secondary N) is 2. The van der Waals surface area contributed by atoms with E-state index in [0.29, 0.717) is 12.6 Å². The molecule has 0 aliphatic heterocycles. The molecule has 0 atom stereocenters. The summed E-state index contributed by atoms with van der Waals surface area (Å²) in [6.45, 7) is 3.08. The Labute approximate surface area is 123 Å². The highest BCUT2D eigenvalue weighted by Gasteiger charge is 2.07. The summed E-state index contributed by atoms with van der Waals surface area (Å²) in [6.07, 6.45) is 0. The number of ether oxygens (including phenoxy) is 1. The molecule has 0 aliphatic carbocycles. The monoisotopic (exact) mass is 295 g/mol. The van der Waals surface area contributed by atoms with Crippen molar-refractivity contribution in [3.63, 3.8) is 0 Å². The summed E-state index contributed by atoms with van der Waals surface area (Å²) < 4.78 is 5.56. The minimum absolute atomic E-state index is 0.635. The van der Waals surface area contributed by atoms with Crippen molar-refractivity contribution in [3.05, 3.63) is 11.4 Å². The number of rotatable bonds is 8. The summed E-state index contributed by atoms with van der Waals surface area (Å²) in [5, 5.41) is 9.38. The Kier molecular flexibility index (Phi) is 5.51. The fraction of sp³-hybridized carbons (Fsp3) is 0.538. The minimum atomic E-state index is 0.635. The van der Waals surface area contributed by atoms with E-state index in [2.05, 4.69) is 25.5 Å². The van der Waals surface area contributed by atoms with Gasteiger partial charge in [-0.05, 0) is 25.5 Å². The van der Waals surface area contributed by atoms with Gasteiger partial charge in [-0.2, -0.15) is 4.98 Å². The van der Waals surface area contributed by atoms with E-state index >= 15 is 0 Å². The Hall–Kier alpha value is -1.44. The lowest BCUT2D eigenvalue weighted by atomic mass is 10.4.